The first-order chi connectivity index (χ1) is 16.0. The zero-order chi connectivity index (χ0) is 23.2. The Morgan fingerprint density at radius 3 is 2.67 bits per heavy atom. The van der Waals surface area contributed by atoms with Gasteiger partial charge in [-0.25, -0.2) is 0 Å². The van der Waals surface area contributed by atoms with Crippen molar-refractivity contribution in [2.75, 3.05) is 19.0 Å². The van der Waals surface area contributed by atoms with Crippen LogP contribution in [0.1, 0.15) is 41.6 Å². The van der Waals surface area contributed by atoms with E-state index < -0.39 is 18.5 Å². The number of nitrogens with one attached hydrogen (secondary N) is 2. The van der Waals surface area contributed by atoms with Gasteiger partial charge in [0.1, 0.15) is 11.3 Å². The van der Waals surface area contributed by atoms with E-state index in [0.29, 0.717) is 28.1 Å². The normalized spacial score (nSPS) is 13.6. The molecular formula is C25H26N2O6. The minimum absolute atomic E-state index is 0.0347. The molecule has 33 heavy (non-hydrogen) atoms. The number of carbonyl (C=O) groups is 3. The monoisotopic (exact) mass is 450 g/mol. The quantitative estimate of drug-likeness (QED) is 0.505. The van der Waals surface area contributed by atoms with Gasteiger partial charge in [-0.05, 0) is 37.1 Å². The van der Waals surface area contributed by atoms with Crippen molar-refractivity contribution in [1.29, 1.82) is 0 Å². The number of carbonyl (C=O) groups excluding carboxylic acids is 3. The second-order valence-corrected chi connectivity index (χ2v) is 8.01. The zero-order valence-corrected chi connectivity index (χ0v) is 18.4. The molecule has 1 aromatic heterocycles. The van der Waals surface area contributed by atoms with Crippen molar-refractivity contribution in [3.05, 3.63) is 59.9 Å². The van der Waals surface area contributed by atoms with E-state index in [-0.39, 0.29) is 18.4 Å². The van der Waals surface area contributed by atoms with Crippen LogP contribution in [0.15, 0.2) is 53.1 Å². The number of amides is 2. The van der Waals surface area contributed by atoms with Crippen LogP contribution in [0.2, 0.25) is 0 Å². The molecule has 8 heteroatoms. The summed E-state index contributed by atoms with van der Waals surface area (Å²) in [5.41, 5.74) is 2.02. The molecule has 172 valence electrons. The van der Waals surface area contributed by atoms with Gasteiger partial charge in [0.2, 0.25) is 0 Å². The van der Waals surface area contributed by atoms with E-state index in [4.69, 9.17) is 13.9 Å². The van der Waals surface area contributed by atoms with Crippen LogP contribution in [0.25, 0.3) is 11.0 Å². The molecule has 0 unspecified atom stereocenters. The summed E-state index contributed by atoms with van der Waals surface area (Å²) in [6.45, 7) is -0.457. The minimum atomic E-state index is -0.559. The Morgan fingerprint density at radius 1 is 1.09 bits per heavy atom. The van der Waals surface area contributed by atoms with Crippen LogP contribution in [0.4, 0.5) is 5.69 Å². The number of furan rings is 1. The summed E-state index contributed by atoms with van der Waals surface area (Å²) in [7, 11) is 1.56. The highest BCUT2D eigenvalue weighted by Crippen LogP contribution is 2.26. The van der Waals surface area contributed by atoms with Gasteiger partial charge >= 0.3 is 5.97 Å². The number of benzene rings is 2. The highest BCUT2D eigenvalue weighted by atomic mass is 16.5. The van der Waals surface area contributed by atoms with Crippen molar-refractivity contribution in [3.8, 4) is 5.75 Å². The summed E-state index contributed by atoms with van der Waals surface area (Å²) < 4.78 is 15.8. The first-order valence-corrected chi connectivity index (χ1v) is 10.9. The third-order valence-electron chi connectivity index (χ3n) is 5.70. The second-order valence-electron chi connectivity index (χ2n) is 8.01. The third kappa shape index (κ3) is 5.52. The standard InChI is InChI=1S/C25H26N2O6/c1-31-18-10-11-19-16(14-32-22(19)13-18)12-24(29)33-15-23(28)27-21-9-5-4-8-20(21)25(30)26-17-6-2-3-7-17/h4-5,8-11,13-14,17H,2-3,6-7,12,15H2,1H3,(H,26,30)(H,27,28). The molecule has 2 aromatic carbocycles. The van der Waals surface area contributed by atoms with E-state index in [1.165, 1.54) is 6.26 Å². The minimum Gasteiger partial charge on any atom is -0.497 e. The molecule has 0 atom stereocenters. The molecule has 0 bridgehead atoms. The Bertz CT molecular complexity index is 1160. The molecule has 0 saturated heterocycles. The van der Waals surface area contributed by atoms with E-state index in [2.05, 4.69) is 10.6 Å². The van der Waals surface area contributed by atoms with Gasteiger partial charge in [0.25, 0.3) is 11.8 Å². The number of anilines is 1. The van der Waals surface area contributed by atoms with Crippen LogP contribution in [-0.4, -0.2) is 37.5 Å². The van der Waals surface area contributed by atoms with Gasteiger partial charge in [0.05, 0.1) is 31.0 Å². The van der Waals surface area contributed by atoms with Crippen LogP contribution in [0.3, 0.4) is 0 Å². The average Bonchev–Trinajstić information content (AvgIpc) is 3.47. The predicted octanol–water partition coefficient (Wildman–Crippen LogP) is 3.84. The van der Waals surface area contributed by atoms with Crippen LogP contribution in [0.5, 0.6) is 5.75 Å². The lowest BCUT2D eigenvalue weighted by molar-refractivity contribution is -0.146. The first-order valence-electron chi connectivity index (χ1n) is 10.9. The predicted molar refractivity (Wildman–Crippen MR) is 122 cm³/mol. The number of ether oxygens (including phenoxy) is 2. The number of methoxy groups -OCH3 is 1. The number of hydrogen-bond acceptors (Lipinski definition) is 6. The molecule has 0 spiro atoms. The average molecular weight is 450 g/mol. The Kier molecular flexibility index (Phi) is 6.92. The number of hydrogen-bond donors (Lipinski definition) is 2. The van der Waals surface area contributed by atoms with E-state index in [0.717, 1.165) is 31.1 Å². The number of para-hydroxylation sites is 1. The van der Waals surface area contributed by atoms with Crippen LogP contribution < -0.4 is 15.4 Å². The summed E-state index contributed by atoms with van der Waals surface area (Å²) in [6, 6.07) is 12.3. The van der Waals surface area contributed by atoms with Crippen molar-refractivity contribution in [3.63, 3.8) is 0 Å². The Morgan fingerprint density at radius 2 is 1.88 bits per heavy atom. The smallest absolute Gasteiger partial charge is 0.310 e. The van der Waals surface area contributed by atoms with Crippen molar-refractivity contribution in [2.45, 2.75) is 38.1 Å². The maximum absolute atomic E-state index is 12.6. The van der Waals surface area contributed by atoms with Crippen molar-refractivity contribution in [2.24, 2.45) is 0 Å². The fourth-order valence-electron chi connectivity index (χ4n) is 3.99. The Hall–Kier alpha value is -3.81. The van der Waals surface area contributed by atoms with Gasteiger partial charge in [-0.2, -0.15) is 0 Å². The van der Waals surface area contributed by atoms with Crippen LogP contribution in [-0.2, 0) is 20.7 Å². The van der Waals surface area contributed by atoms with Gasteiger partial charge in [0, 0.05) is 23.1 Å². The number of esters is 1. The van der Waals surface area contributed by atoms with Gasteiger partial charge < -0.3 is 24.5 Å². The second kappa shape index (κ2) is 10.2. The van der Waals surface area contributed by atoms with Gasteiger partial charge in [0.15, 0.2) is 6.61 Å². The van der Waals surface area contributed by atoms with Gasteiger partial charge in [-0.3, -0.25) is 14.4 Å². The summed E-state index contributed by atoms with van der Waals surface area (Å²) >= 11 is 0. The maximum Gasteiger partial charge on any atom is 0.310 e. The molecule has 3 aromatic rings. The molecule has 2 N–H and O–H groups in total. The lowest BCUT2D eigenvalue weighted by Crippen LogP contribution is -2.33. The molecule has 1 fully saturated rings. The van der Waals surface area contributed by atoms with Crippen LogP contribution in [0, 0.1) is 0 Å². The molecule has 1 aliphatic rings. The zero-order valence-electron chi connectivity index (χ0n) is 18.4. The third-order valence-corrected chi connectivity index (χ3v) is 5.70. The summed E-state index contributed by atoms with van der Waals surface area (Å²) in [4.78, 5) is 37.3. The van der Waals surface area contributed by atoms with Gasteiger partial charge in [-0.1, -0.05) is 25.0 Å². The lowest BCUT2D eigenvalue weighted by Gasteiger charge is -2.15. The molecule has 0 radical (unpaired) electrons. The molecule has 2 amide bonds. The van der Waals surface area contributed by atoms with Crippen LogP contribution >= 0.6 is 0 Å². The van der Waals surface area contributed by atoms with E-state index >= 15 is 0 Å². The molecule has 1 saturated carbocycles. The molecule has 4 rings (SSSR count). The topological polar surface area (TPSA) is 107 Å². The summed E-state index contributed by atoms with van der Waals surface area (Å²) in [6.07, 6.45) is 5.61. The molecule has 1 heterocycles. The van der Waals surface area contributed by atoms with Crippen molar-refractivity contribution in [1.82, 2.24) is 5.32 Å². The van der Waals surface area contributed by atoms with Gasteiger partial charge in [-0.15, -0.1) is 0 Å². The van der Waals surface area contributed by atoms with Crippen molar-refractivity contribution >= 4 is 34.4 Å². The molecular weight excluding hydrogens is 424 g/mol. The largest absolute Gasteiger partial charge is 0.497 e. The summed E-state index contributed by atoms with van der Waals surface area (Å²) in [5, 5.41) is 6.45. The SMILES string of the molecule is COc1ccc2c(CC(=O)OCC(=O)Nc3ccccc3C(=O)NC3CCCC3)coc2c1. The number of fused-ring (bicyclic) bond motifs is 1. The Balaban J connectivity index is 1.31. The fraction of sp³-hybridized carbons (Fsp3) is 0.320. The lowest BCUT2D eigenvalue weighted by atomic mass is 10.1. The maximum atomic E-state index is 12.6. The van der Waals surface area contributed by atoms with E-state index in [1.54, 1.807) is 49.6 Å². The highest BCUT2D eigenvalue weighted by Gasteiger charge is 2.20. The first kappa shape index (κ1) is 22.4. The molecule has 8 nitrogen and oxygen atoms in total. The highest BCUT2D eigenvalue weighted by molar-refractivity contribution is 6.04. The summed E-state index contributed by atoms with van der Waals surface area (Å²) in [5.74, 6) is -0.653. The Labute approximate surface area is 191 Å². The number of rotatable bonds is 8. The van der Waals surface area contributed by atoms with E-state index in [9.17, 15) is 14.4 Å². The van der Waals surface area contributed by atoms with Crippen molar-refractivity contribution < 1.29 is 28.3 Å². The molecule has 0 aliphatic heterocycles. The fourth-order valence-corrected chi connectivity index (χ4v) is 3.99. The van der Waals surface area contributed by atoms with E-state index in [1.807, 2.05) is 0 Å². The molecule has 1 aliphatic carbocycles.